The predicted octanol–water partition coefficient (Wildman–Crippen LogP) is 3.64. The highest BCUT2D eigenvalue weighted by Gasteiger charge is 2.18. The van der Waals surface area contributed by atoms with Gasteiger partial charge < -0.3 is 15.9 Å². The Morgan fingerprint density at radius 2 is 1.75 bits per heavy atom. The molecule has 0 bridgehead atoms. The van der Waals surface area contributed by atoms with E-state index in [0.29, 0.717) is 16.1 Å². The van der Waals surface area contributed by atoms with Crippen molar-refractivity contribution in [2.45, 2.75) is 12.3 Å². The lowest BCUT2D eigenvalue weighted by molar-refractivity contribution is -0.137. The number of carbonyl (C=O) groups is 2. The molecule has 0 aliphatic rings. The first kappa shape index (κ1) is 20.0. The maximum atomic E-state index is 11.4. The smallest absolute Gasteiger partial charge is 0.336 e. The van der Waals surface area contributed by atoms with E-state index in [4.69, 9.17) is 22.4 Å². The zero-order valence-electron chi connectivity index (χ0n) is 12.6. The van der Waals surface area contributed by atoms with Gasteiger partial charge in [0.15, 0.2) is 0 Å². The molecule has 0 radical (unpaired) electrons. The van der Waals surface area contributed by atoms with Gasteiger partial charge in [-0.15, -0.1) is 12.4 Å². The van der Waals surface area contributed by atoms with Gasteiger partial charge in [0.25, 0.3) is 0 Å². The minimum Gasteiger partial charge on any atom is -0.481 e. The third-order valence-corrected chi connectivity index (χ3v) is 3.94. The lowest BCUT2D eigenvalue weighted by atomic mass is 9.91. The van der Waals surface area contributed by atoms with Gasteiger partial charge in [-0.2, -0.15) is 0 Å². The fourth-order valence-electron chi connectivity index (χ4n) is 2.46. The number of benzene rings is 2. The number of hydrogen-bond donors (Lipinski definition) is 3. The first-order valence-electron chi connectivity index (χ1n) is 6.98. The van der Waals surface area contributed by atoms with Crippen LogP contribution in [-0.2, 0) is 4.79 Å². The van der Waals surface area contributed by atoms with E-state index in [-0.39, 0.29) is 36.9 Å². The minimum atomic E-state index is -1.05. The van der Waals surface area contributed by atoms with Gasteiger partial charge in [-0.3, -0.25) is 4.79 Å². The molecule has 1 atom stereocenters. The van der Waals surface area contributed by atoms with Crippen LogP contribution in [0.15, 0.2) is 42.5 Å². The number of carboxylic acids is 2. The average molecular weight is 370 g/mol. The molecule has 4 N–H and O–H groups in total. The molecular formula is C17H17Cl2NO4. The second kappa shape index (κ2) is 8.68. The Kier molecular flexibility index (Phi) is 7.22. The number of aliphatic carboxylic acids is 1. The second-order valence-corrected chi connectivity index (χ2v) is 5.53. The number of halogens is 2. The maximum absolute atomic E-state index is 11.4. The van der Waals surface area contributed by atoms with E-state index in [1.165, 1.54) is 6.07 Å². The summed E-state index contributed by atoms with van der Waals surface area (Å²) in [5.41, 5.74) is 7.55. The number of hydrogen-bond acceptors (Lipinski definition) is 3. The summed E-state index contributed by atoms with van der Waals surface area (Å²) in [6, 6.07) is 11.6. The Labute approximate surface area is 150 Å². The Balaban J connectivity index is 0.00000288. The van der Waals surface area contributed by atoms with Crippen LogP contribution in [0.5, 0.6) is 0 Å². The zero-order chi connectivity index (χ0) is 17.0. The molecular weight excluding hydrogens is 353 g/mol. The predicted molar refractivity (Wildman–Crippen MR) is 95.1 cm³/mol. The third kappa shape index (κ3) is 4.47. The first-order chi connectivity index (χ1) is 10.9. The summed E-state index contributed by atoms with van der Waals surface area (Å²) in [6.45, 7) is 0.175. The molecule has 0 aromatic heterocycles. The van der Waals surface area contributed by atoms with E-state index in [2.05, 4.69) is 0 Å². The fraction of sp³-hybridized carbons (Fsp3) is 0.176. The summed E-state index contributed by atoms with van der Waals surface area (Å²) in [4.78, 5) is 22.3. The molecule has 2 rings (SSSR count). The molecule has 0 saturated carbocycles. The molecule has 2 aromatic carbocycles. The Morgan fingerprint density at radius 3 is 2.33 bits per heavy atom. The molecule has 0 amide bonds. The number of carboxylic acid groups (broad SMARTS) is 2. The third-order valence-electron chi connectivity index (χ3n) is 3.62. The number of aromatic carboxylic acids is 1. The zero-order valence-corrected chi connectivity index (χ0v) is 14.2. The normalized spacial score (nSPS) is 11.4. The van der Waals surface area contributed by atoms with E-state index < -0.39 is 11.9 Å². The summed E-state index contributed by atoms with van der Waals surface area (Å²) < 4.78 is 0. The molecule has 0 heterocycles. The summed E-state index contributed by atoms with van der Waals surface area (Å²) in [5, 5.41) is 18.7. The van der Waals surface area contributed by atoms with E-state index in [0.717, 1.165) is 5.56 Å². The second-order valence-electron chi connectivity index (χ2n) is 5.12. The summed E-state index contributed by atoms with van der Waals surface area (Å²) >= 11 is 6.22. The highest BCUT2D eigenvalue weighted by molar-refractivity contribution is 6.33. The van der Waals surface area contributed by atoms with Gasteiger partial charge in [0.05, 0.1) is 12.0 Å². The number of nitrogens with two attached hydrogens (primary N) is 1. The first-order valence-corrected chi connectivity index (χ1v) is 7.35. The molecule has 0 unspecified atom stereocenters. The van der Waals surface area contributed by atoms with Gasteiger partial charge in [0.1, 0.15) is 0 Å². The van der Waals surface area contributed by atoms with Gasteiger partial charge in [-0.25, -0.2) is 4.79 Å². The van der Waals surface area contributed by atoms with Crippen LogP contribution in [0.3, 0.4) is 0 Å². The summed E-state index contributed by atoms with van der Waals surface area (Å²) in [6.07, 6.45) is -0.0991. The SMILES string of the molecule is Cl.NC[C@H](CC(=O)O)c1ccc(Cl)c(-c2ccccc2C(=O)O)c1. The van der Waals surface area contributed by atoms with Crippen LogP contribution in [-0.4, -0.2) is 28.7 Å². The van der Waals surface area contributed by atoms with Crippen LogP contribution in [0.1, 0.15) is 28.3 Å². The van der Waals surface area contributed by atoms with Gasteiger partial charge in [-0.1, -0.05) is 35.9 Å². The molecule has 24 heavy (non-hydrogen) atoms. The van der Waals surface area contributed by atoms with Crippen molar-refractivity contribution in [2.75, 3.05) is 6.54 Å². The van der Waals surface area contributed by atoms with E-state index in [1.807, 2.05) is 0 Å². The molecule has 0 fully saturated rings. The quantitative estimate of drug-likeness (QED) is 0.721. The topological polar surface area (TPSA) is 101 Å². The lowest BCUT2D eigenvalue weighted by Crippen LogP contribution is -2.16. The largest absolute Gasteiger partial charge is 0.481 e. The number of rotatable bonds is 6. The van der Waals surface area contributed by atoms with Crippen LogP contribution < -0.4 is 5.73 Å². The van der Waals surface area contributed by atoms with Crippen molar-refractivity contribution in [3.05, 3.63) is 58.6 Å². The maximum Gasteiger partial charge on any atom is 0.336 e. The average Bonchev–Trinajstić information content (AvgIpc) is 2.53. The van der Waals surface area contributed by atoms with Crippen molar-refractivity contribution in [3.63, 3.8) is 0 Å². The Hall–Kier alpha value is -2.08. The van der Waals surface area contributed by atoms with Crippen molar-refractivity contribution in [3.8, 4) is 11.1 Å². The molecule has 0 aliphatic heterocycles. The summed E-state index contributed by atoms with van der Waals surface area (Å²) in [7, 11) is 0. The van der Waals surface area contributed by atoms with Crippen molar-refractivity contribution < 1.29 is 19.8 Å². The monoisotopic (exact) mass is 369 g/mol. The molecule has 7 heteroatoms. The van der Waals surface area contributed by atoms with Crippen LogP contribution in [0.25, 0.3) is 11.1 Å². The summed E-state index contributed by atoms with van der Waals surface area (Å²) in [5.74, 6) is -2.36. The van der Waals surface area contributed by atoms with Crippen molar-refractivity contribution in [1.82, 2.24) is 0 Å². The van der Waals surface area contributed by atoms with Crippen LogP contribution >= 0.6 is 24.0 Å². The highest BCUT2D eigenvalue weighted by atomic mass is 35.5. The molecule has 2 aromatic rings. The van der Waals surface area contributed by atoms with Gasteiger partial charge in [0.2, 0.25) is 0 Å². The highest BCUT2D eigenvalue weighted by Crippen LogP contribution is 2.33. The van der Waals surface area contributed by atoms with Crippen LogP contribution in [0.4, 0.5) is 0 Å². The molecule has 128 valence electrons. The molecule has 0 saturated heterocycles. The molecule has 5 nitrogen and oxygen atoms in total. The van der Waals surface area contributed by atoms with Crippen molar-refractivity contribution in [1.29, 1.82) is 0 Å². The van der Waals surface area contributed by atoms with Crippen molar-refractivity contribution >= 4 is 35.9 Å². The van der Waals surface area contributed by atoms with Crippen molar-refractivity contribution in [2.24, 2.45) is 5.73 Å². The fourth-order valence-corrected chi connectivity index (χ4v) is 2.68. The van der Waals surface area contributed by atoms with E-state index in [9.17, 15) is 14.7 Å². The van der Waals surface area contributed by atoms with Gasteiger partial charge in [-0.05, 0) is 35.9 Å². The Bertz CT molecular complexity index is 749. The van der Waals surface area contributed by atoms with Gasteiger partial charge >= 0.3 is 11.9 Å². The van der Waals surface area contributed by atoms with Crippen LogP contribution in [0, 0.1) is 0 Å². The standard InChI is InChI=1S/C17H16ClNO4.ClH/c18-15-6-5-10(11(9-19)8-16(20)21)7-14(15)12-3-1-2-4-13(12)17(22)23;/h1-7,11H,8-9,19H2,(H,20,21)(H,22,23);1H/t11-;/m0./s1. The van der Waals surface area contributed by atoms with Crippen LogP contribution in [0.2, 0.25) is 5.02 Å². The minimum absolute atomic E-state index is 0. The van der Waals surface area contributed by atoms with E-state index >= 15 is 0 Å². The Morgan fingerprint density at radius 1 is 1.08 bits per heavy atom. The molecule has 0 spiro atoms. The van der Waals surface area contributed by atoms with Gasteiger partial charge in [0, 0.05) is 16.5 Å². The molecule has 0 aliphatic carbocycles. The lowest BCUT2D eigenvalue weighted by Gasteiger charge is -2.16. The van der Waals surface area contributed by atoms with E-state index in [1.54, 1.807) is 36.4 Å².